The van der Waals surface area contributed by atoms with Crippen LogP contribution in [0.25, 0.3) is 0 Å². The van der Waals surface area contributed by atoms with Gasteiger partial charge in [-0.3, -0.25) is 4.79 Å². The highest BCUT2D eigenvalue weighted by Gasteiger charge is 2.42. The zero-order valence-corrected chi connectivity index (χ0v) is 18.6. The second-order valence-electron chi connectivity index (χ2n) is 7.86. The van der Waals surface area contributed by atoms with Gasteiger partial charge in [0.25, 0.3) is 0 Å². The molecular formula is C20H31N7OS. The van der Waals surface area contributed by atoms with Crippen LogP contribution in [0.5, 0.6) is 0 Å². The summed E-state index contributed by atoms with van der Waals surface area (Å²) in [6, 6.07) is 4.13. The van der Waals surface area contributed by atoms with E-state index in [9.17, 15) is 4.79 Å². The van der Waals surface area contributed by atoms with Gasteiger partial charge in [-0.25, -0.2) is 4.99 Å². The Balaban J connectivity index is 1.72. The highest BCUT2D eigenvalue weighted by Crippen LogP contribution is 2.38. The van der Waals surface area contributed by atoms with E-state index in [-0.39, 0.29) is 11.3 Å². The molecule has 1 saturated carbocycles. The van der Waals surface area contributed by atoms with Crippen LogP contribution in [0, 0.1) is 12.3 Å². The molecule has 2 heterocycles. The van der Waals surface area contributed by atoms with Crippen molar-refractivity contribution in [3.63, 3.8) is 0 Å². The molecule has 0 bridgehead atoms. The largest absolute Gasteiger partial charge is 0.355 e. The molecular weight excluding hydrogens is 386 g/mol. The fourth-order valence-electron chi connectivity index (χ4n) is 3.74. The van der Waals surface area contributed by atoms with Gasteiger partial charge in [0, 0.05) is 32.6 Å². The van der Waals surface area contributed by atoms with Gasteiger partial charge in [0.05, 0.1) is 12.0 Å². The summed E-state index contributed by atoms with van der Waals surface area (Å²) in [4.78, 5) is 20.5. The molecule has 1 fully saturated rings. The topological polar surface area (TPSA) is 87.4 Å². The van der Waals surface area contributed by atoms with Gasteiger partial charge >= 0.3 is 0 Å². The second kappa shape index (κ2) is 9.39. The van der Waals surface area contributed by atoms with Crippen LogP contribution in [0.15, 0.2) is 22.5 Å². The summed E-state index contributed by atoms with van der Waals surface area (Å²) in [5.74, 6) is 2.55. The number of rotatable bonds is 7. The molecule has 8 nitrogen and oxygen atoms in total. The third-order valence-electron chi connectivity index (χ3n) is 5.59. The van der Waals surface area contributed by atoms with E-state index in [4.69, 9.17) is 4.99 Å². The number of nitrogens with one attached hydrogen (secondary N) is 2. The number of thiophene rings is 1. The number of carbonyl (C=O) groups excluding carboxylic acids is 1. The van der Waals surface area contributed by atoms with Gasteiger partial charge in [-0.1, -0.05) is 18.9 Å². The normalized spacial score (nSPS) is 16.1. The molecule has 0 spiro atoms. The third-order valence-corrected chi connectivity index (χ3v) is 6.46. The maximum atomic E-state index is 12.9. The average molecular weight is 418 g/mol. The van der Waals surface area contributed by atoms with Crippen molar-refractivity contribution in [1.29, 1.82) is 0 Å². The minimum Gasteiger partial charge on any atom is -0.355 e. The summed E-state index contributed by atoms with van der Waals surface area (Å²) < 4.78 is 1.94. The molecule has 0 atom stereocenters. The predicted molar refractivity (Wildman–Crippen MR) is 116 cm³/mol. The Labute approximate surface area is 176 Å². The number of nitrogens with zero attached hydrogens (tertiary/aromatic N) is 5. The fourth-order valence-corrected chi connectivity index (χ4v) is 4.39. The number of hydrogen-bond acceptors (Lipinski definition) is 5. The van der Waals surface area contributed by atoms with Crippen LogP contribution < -0.4 is 10.6 Å². The van der Waals surface area contributed by atoms with Gasteiger partial charge in [0.2, 0.25) is 5.91 Å². The second-order valence-corrected chi connectivity index (χ2v) is 8.89. The number of aryl methyl sites for hydroxylation is 1. The standard InChI is InChI=1S/C20H31N7OS/c1-15-24-25-17(27(15)4)13-22-19(21-12-16-8-7-11-29-16)23-14-20(9-5-6-10-20)18(28)26(2)3/h7-8,11H,5-6,9-10,12-14H2,1-4H3,(H2,21,22,23). The highest BCUT2D eigenvalue weighted by atomic mass is 32.1. The zero-order chi connectivity index (χ0) is 20.9. The van der Waals surface area contributed by atoms with E-state index in [2.05, 4.69) is 32.3 Å². The maximum Gasteiger partial charge on any atom is 0.230 e. The summed E-state index contributed by atoms with van der Waals surface area (Å²) in [5.41, 5.74) is -0.351. The van der Waals surface area contributed by atoms with Crippen molar-refractivity contribution in [2.45, 2.75) is 45.7 Å². The molecule has 0 radical (unpaired) electrons. The number of amides is 1. The Bertz CT molecular complexity index is 835. The van der Waals surface area contributed by atoms with Crippen LogP contribution in [0.4, 0.5) is 0 Å². The number of carbonyl (C=O) groups is 1. The Kier molecular flexibility index (Phi) is 6.89. The predicted octanol–water partition coefficient (Wildman–Crippen LogP) is 2.07. The SMILES string of the molecule is Cc1nnc(CN=C(NCc2cccs2)NCC2(C(=O)N(C)C)CCCC2)n1C. The molecule has 29 heavy (non-hydrogen) atoms. The number of hydrogen-bond donors (Lipinski definition) is 2. The van der Waals surface area contributed by atoms with E-state index in [0.29, 0.717) is 25.6 Å². The highest BCUT2D eigenvalue weighted by molar-refractivity contribution is 7.09. The van der Waals surface area contributed by atoms with E-state index < -0.39 is 0 Å². The van der Waals surface area contributed by atoms with E-state index >= 15 is 0 Å². The summed E-state index contributed by atoms with van der Waals surface area (Å²) in [6.45, 7) is 3.62. The van der Waals surface area contributed by atoms with Gasteiger partial charge in [0.15, 0.2) is 11.8 Å². The minimum atomic E-state index is -0.351. The first kappa shape index (κ1) is 21.3. The molecule has 158 valence electrons. The summed E-state index contributed by atoms with van der Waals surface area (Å²) in [5, 5.41) is 17.2. The number of guanidine groups is 1. The first-order valence-corrected chi connectivity index (χ1v) is 10.9. The molecule has 0 aromatic carbocycles. The summed E-state index contributed by atoms with van der Waals surface area (Å²) >= 11 is 1.70. The van der Waals surface area contributed by atoms with Gasteiger partial charge in [-0.15, -0.1) is 21.5 Å². The smallest absolute Gasteiger partial charge is 0.230 e. The van der Waals surface area contributed by atoms with Crippen LogP contribution in [0.3, 0.4) is 0 Å². The Morgan fingerprint density at radius 2 is 2.07 bits per heavy atom. The molecule has 9 heteroatoms. The van der Waals surface area contributed by atoms with Crippen LogP contribution in [0.1, 0.15) is 42.2 Å². The van der Waals surface area contributed by atoms with E-state index in [1.807, 2.05) is 38.7 Å². The van der Waals surface area contributed by atoms with E-state index in [0.717, 1.165) is 37.3 Å². The lowest BCUT2D eigenvalue weighted by atomic mass is 9.84. The van der Waals surface area contributed by atoms with Crippen molar-refractivity contribution < 1.29 is 4.79 Å². The van der Waals surface area contributed by atoms with Crippen LogP contribution in [0.2, 0.25) is 0 Å². The van der Waals surface area contributed by atoms with Crippen LogP contribution in [-0.2, 0) is 24.9 Å². The van der Waals surface area contributed by atoms with E-state index in [1.54, 1.807) is 16.2 Å². The van der Waals surface area contributed by atoms with Crippen LogP contribution >= 0.6 is 11.3 Å². The maximum absolute atomic E-state index is 12.9. The van der Waals surface area contributed by atoms with E-state index in [1.165, 1.54) is 4.88 Å². The number of aromatic nitrogens is 3. The van der Waals surface area contributed by atoms with Gasteiger partial charge in [0.1, 0.15) is 12.4 Å². The molecule has 1 amide bonds. The first-order chi connectivity index (χ1) is 13.9. The third kappa shape index (κ3) is 5.14. The fraction of sp³-hybridized carbons (Fsp3) is 0.600. The van der Waals surface area contributed by atoms with Crippen molar-refractivity contribution in [2.24, 2.45) is 17.5 Å². The summed E-state index contributed by atoms with van der Waals surface area (Å²) in [6.07, 6.45) is 4.01. The lowest BCUT2D eigenvalue weighted by Gasteiger charge is -2.31. The van der Waals surface area contributed by atoms with Gasteiger partial charge in [-0.05, 0) is 31.2 Å². The van der Waals surface area contributed by atoms with Crippen molar-refractivity contribution >= 4 is 23.2 Å². The molecule has 2 N–H and O–H groups in total. The first-order valence-electron chi connectivity index (χ1n) is 10.0. The lowest BCUT2D eigenvalue weighted by Crippen LogP contribution is -2.49. The van der Waals surface area contributed by atoms with Crippen LogP contribution in [-0.4, -0.2) is 52.2 Å². The molecule has 2 aromatic rings. The molecule has 2 aromatic heterocycles. The van der Waals surface area contributed by atoms with Crippen molar-refractivity contribution in [1.82, 2.24) is 30.3 Å². The monoisotopic (exact) mass is 417 g/mol. The quantitative estimate of drug-likeness (QED) is 0.532. The Morgan fingerprint density at radius 1 is 1.31 bits per heavy atom. The Morgan fingerprint density at radius 3 is 2.66 bits per heavy atom. The molecule has 0 unspecified atom stereocenters. The minimum absolute atomic E-state index is 0.198. The molecule has 1 aliphatic rings. The van der Waals surface area contributed by atoms with Crippen molar-refractivity contribution in [2.75, 3.05) is 20.6 Å². The summed E-state index contributed by atoms with van der Waals surface area (Å²) in [7, 11) is 5.61. The lowest BCUT2D eigenvalue weighted by molar-refractivity contribution is -0.138. The van der Waals surface area contributed by atoms with Crippen molar-refractivity contribution in [3.05, 3.63) is 34.0 Å². The molecule has 1 aliphatic carbocycles. The zero-order valence-electron chi connectivity index (χ0n) is 17.7. The molecule has 0 saturated heterocycles. The molecule has 3 rings (SSSR count). The van der Waals surface area contributed by atoms with Gasteiger partial charge in [-0.2, -0.15) is 0 Å². The average Bonchev–Trinajstić information content (AvgIpc) is 3.45. The van der Waals surface area contributed by atoms with Crippen molar-refractivity contribution in [3.8, 4) is 0 Å². The Hall–Kier alpha value is -2.42. The van der Waals surface area contributed by atoms with Gasteiger partial charge < -0.3 is 20.1 Å². The molecule has 0 aliphatic heterocycles. The number of aliphatic imine (C=N–C) groups is 1.